The summed E-state index contributed by atoms with van der Waals surface area (Å²) in [5.74, 6) is 0.301. The summed E-state index contributed by atoms with van der Waals surface area (Å²) in [7, 11) is 0. The van der Waals surface area contributed by atoms with Crippen LogP contribution >= 0.6 is 0 Å². The van der Waals surface area contributed by atoms with Crippen LogP contribution < -0.4 is 0 Å². The summed E-state index contributed by atoms with van der Waals surface area (Å²) in [5.41, 5.74) is 0.155. The molecular weight excluding hydrogens is 198 g/mol. The van der Waals surface area contributed by atoms with Crippen LogP contribution in [0, 0.1) is 6.92 Å². The van der Waals surface area contributed by atoms with Crippen molar-refractivity contribution >= 4 is 5.97 Å². The van der Waals surface area contributed by atoms with Crippen LogP contribution in [0.15, 0.2) is 12.4 Å². The maximum absolute atomic E-state index is 10.6. The molecule has 2 N–H and O–H groups in total. The molecule has 2 aromatic rings. The van der Waals surface area contributed by atoms with Crippen molar-refractivity contribution in [2.24, 2.45) is 0 Å². The molecule has 2 rings (SSSR count). The molecule has 7 nitrogen and oxygen atoms in total. The topological polar surface area (TPSA) is 96.7 Å². The van der Waals surface area contributed by atoms with Crippen LogP contribution in [0.5, 0.6) is 0 Å². The van der Waals surface area contributed by atoms with E-state index >= 15 is 0 Å². The van der Waals surface area contributed by atoms with Gasteiger partial charge in [0.15, 0.2) is 5.82 Å². The molecule has 0 aliphatic rings. The van der Waals surface area contributed by atoms with Gasteiger partial charge in [0, 0.05) is 6.20 Å². The average Bonchev–Trinajstić information content (AvgIpc) is 2.76. The highest BCUT2D eigenvalue weighted by molar-refractivity contribution is 5.86. The highest BCUT2D eigenvalue weighted by Gasteiger charge is 2.07. The Balaban J connectivity index is 2.14. The number of carboxylic acid groups (broad SMARTS) is 1. The van der Waals surface area contributed by atoms with E-state index in [1.807, 2.05) is 0 Å². The second kappa shape index (κ2) is 3.52. The lowest BCUT2D eigenvalue weighted by atomic mass is 10.4. The normalized spacial score (nSPS) is 10.5. The second-order valence-corrected chi connectivity index (χ2v) is 3.07. The quantitative estimate of drug-likeness (QED) is 0.741. The molecule has 0 saturated heterocycles. The maximum Gasteiger partial charge on any atom is 0.338 e. The molecule has 0 radical (unpaired) electrons. The standard InChI is InChI=1S/C8H9N5O2/c1-5-10-7(12-11-5)4-13-3-6(2-9-13)8(14)15/h2-3H,4H2,1H3,(H,14,15)(H,10,11,12). The van der Waals surface area contributed by atoms with Crippen LogP contribution in [0.2, 0.25) is 0 Å². The number of hydrogen-bond donors (Lipinski definition) is 2. The number of aromatic nitrogens is 5. The fourth-order valence-corrected chi connectivity index (χ4v) is 1.17. The Morgan fingerprint density at radius 3 is 3.00 bits per heavy atom. The van der Waals surface area contributed by atoms with E-state index in [-0.39, 0.29) is 5.56 Å². The molecule has 0 amide bonds. The van der Waals surface area contributed by atoms with E-state index in [9.17, 15) is 4.79 Å². The van der Waals surface area contributed by atoms with Crippen molar-refractivity contribution in [3.05, 3.63) is 29.6 Å². The highest BCUT2D eigenvalue weighted by Crippen LogP contribution is 2.00. The molecule has 0 fully saturated rings. The minimum atomic E-state index is -0.993. The molecule has 15 heavy (non-hydrogen) atoms. The van der Waals surface area contributed by atoms with Gasteiger partial charge < -0.3 is 5.11 Å². The molecule has 7 heteroatoms. The molecule has 0 bridgehead atoms. The highest BCUT2D eigenvalue weighted by atomic mass is 16.4. The largest absolute Gasteiger partial charge is 0.478 e. The molecule has 78 valence electrons. The lowest BCUT2D eigenvalue weighted by molar-refractivity contribution is 0.0697. The van der Waals surface area contributed by atoms with Crippen molar-refractivity contribution in [3.8, 4) is 0 Å². The number of rotatable bonds is 3. The van der Waals surface area contributed by atoms with Crippen molar-refractivity contribution < 1.29 is 9.90 Å². The zero-order valence-electron chi connectivity index (χ0n) is 8.01. The number of aryl methyl sites for hydroxylation is 1. The Kier molecular flexibility index (Phi) is 2.20. The van der Waals surface area contributed by atoms with Crippen LogP contribution in [0.4, 0.5) is 0 Å². The van der Waals surface area contributed by atoms with Crippen molar-refractivity contribution in [1.82, 2.24) is 25.0 Å². The minimum absolute atomic E-state index is 0.155. The number of nitrogens with one attached hydrogen (secondary N) is 1. The van der Waals surface area contributed by atoms with Gasteiger partial charge in [0.05, 0.1) is 11.8 Å². The van der Waals surface area contributed by atoms with Crippen molar-refractivity contribution in [2.75, 3.05) is 0 Å². The smallest absolute Gasteiger partial charge is 0.338 e. The summed E-state index contributed by atoms with van der Waals surface area (Å²) < 4.78 is 1.48. The molecule has 2 heterocycles. The Morgan fingerprint density at radius 2 is 2.47 bits per heavy atom. The molecule has 0 saturated carbocycles. The zero-order valence-corrected chi connectivity index (χ0v) is 8.01. The first-order valence-corrected chi connectivity index (χ1v) is 4.29. The monoisotopic (exact) mass is 207 g/mol. The SMILES string of the molecule is Cc1nc(Cn2cc(C(=O)O)cn2)n[nH]1. The van der Waals surface area contributed by atoms with Gasteiger partial charge in [-0.15, -0.1) is 0 Å². The number of nitrogens with zero attached hydrogens (tertiary/aromatic N) is 4. The minimum Gasteiger partial charge on any atom is -0.478 e. The number of aromatic amines is 1. The second-order valence-electron chi connectivity index (χ2n) is 3.07. The molecule has 0 aromatic carbocycles. The Labute approximate surface area is 84.8 Å². The fourth-order valence-electron chi connectivity index (χ4n) is 1.17. The lowest BCUT2D eigenvalue weighted by Gasteiger charge is -1.94. The third kappa shape index (κ3) is 2.01. The van der Waals surface area contributed by atoms with Gasteiger partial charge in [-0.2, -0.15) is 10.2 Å². The third-order valence-corrected chi connectivity index (χ3v) is 1.83. The summed E-state index contributed by atoms with van der Waals surface area (Å²) in [6.07, 6.45) is 2.73. The first-order valence-electron chi connectivity index (χ1n) is 4.29. The predicted molar refractivity (Wildman–Crippen MR) is 49.4 cm³/mol. The van der Waals surface area contributed by atoms with E-state index in [1.54, 1.807) is 6.92 Å². The average molecular weight is 207 g/mol. The van der Waals surface area contributed by atoms with Gasteiger partial charge in [0.2, 0.25) is 0 Å². The van der Waals surface area contributed by atoms with Gasteiger partial charge in [-0.1, -0.05) is 0 Å². The van der Waals surface area contributed by atoms with Crippen LogP contribution in [-0.2, 0) is 6.54 Å². The molecule has 0 spiro atoms. The third-order valence-electron chi connectivity index (χ3n) is 1.83. The van der Waals surface area contributed by atoms with E-state index in [0.29, 0.717) is 12.4 Å². The molecule has 0 atom stereocenters. The zero-order chi connectivity index (χ0) is 10.8. The van der Waals surface area contributed by atoms with E-state index in [1.165, 1.54) is 17.1 Å². The van der Waals surface area contributed by atoms with Crippen LogP contribution in [-0.4, -0.2) is 36.0 Å². The Hall–Kier alpha value is -2.18. The number of carbonyl (C=O) groups is 1. The summed E-state index contributed by atoms with van der Waals surface area (Å²) in [6, 6.07) is 0. The Bertz CT molecular complexity index is 487. The molecule has 0 unspecified atom stereocenters. The van der Waals surface area contributed by atoms with E-state index < -0.39 is 5.97 Å². The number of hydrogen-bond acceptors (Lipinski definition) is 4. The van der Waals surface area contributed by atoms with Gasteiger partial charge in [0.1, 0.15) is 12.4 Å². The van der Waals surface area contributed by atoms with Gasteiger partial charge in [0.25, 0.3) is 0 Å². The van der Waals surface area contributed by atoms with Gasteiger partial charge in [-0.25, -0.2) is 9.78 Å². The van der Waals surface area contributed by atoms with Gasteiger partial charge in [-0.05, 0) is 6.92 Å². The number of H-pyrrole nitrogens is 1. The van der Waals surface area contributed by atoms with Crippen LogP contribution in [0.3, 0.4) is 0 Å². The predicted octanol–water partition coefficient (Wildman–Crippen LogP) is 0.0561. The van der Waals surface area contributed by atoms with Crippen LogP contribution in [0.1, 0.15) is 22.0 Å². The summed E-state index contributed by atoms with van der Waals surface area (Å²) in [4.78, 5) is 14.7. The lowest BCUT2D eigenvalue weighted by Crippen LogP contribution is -2.02. The molecule has 0 aliphatic heterocycles. The fraction of sp³-hybridized carbons (Fsp3) is 0.250. The first kappa shape index (κ1) is 9.38. The Morgan fingerprint density at radius 1 is 1.67 bits per heavy atom. The van der Waals surface area contributed by atoms with Crippen molar-refractivity contribution in [2.45, 2.75) is 13.5 Å². The van der Waals surface area contributed by atoms with Gasteiger partial charge in [-0.3, -0.25) is 9.78 Å². The van der Waals surface area contributed by atoms with E-state index in [4.69, 9.17) is 5.11 Å². The number of aromatic carboxylic acids is 1. The van der Waals surface area contributed by atoms with E-state index in [2.05, 4.69) is 20.3 Å². The van der Waals surface area contributed by atoms with Gasteiger partial charge >= 0.3 is 5.97 Å². The van der Waals surface area contributed by atoms with Crippen molar-refractivity contribution in [3.63, 3.8) is 0 Å². The summed E-state index contributed by atoms with van der Waals surface area (Å²) >= 11 is 0. The molecule has 0 aliphatic carbocycles. The first-order chi connectivity index (χ1) is 7.15. The summed E-state index contributed by atoms with van der Waals surface area (Å²) in [6.45, 7) is 2.15. The maximum atomic E-state index is 10.6. The summed E-state index contributed by atoms with van der Waals surface area (Å²) in [5, 5.41) is 19.2. The molecule has 2 aromatic heterocycles. The van der Waals surface area contributed by atoms with E-state index in [0.717, 1.165) is 5.82 Å². The van der Waals surface area contributed by atoms with Crippen LogP contribution in [0.25, 0.3) is 0 Å². The van der Waals surface area contributed by atoms with Crippen molar-refractivity contribution in [1.29, 1.82) is 0 Å². The number of carboxylic acids is 1. The molecular formula is C8H9N5O2.